The lowest BCUT2D eigenvalue weighted by molar-refractivity contribution is 0.102. The molecule has 0 saturated carbocycles. The Morgan fingerprint density at radius 1 is 1.40 bits per heavy atom. The maximum Gasteiger partial charge on any atom is 0.171 e. The Bertz CT molecular complexity index is 518. The Kier molecular flexibility index (Phi) is 3.11. The van der Waals surface area contributed by atoms with E-state index < -0.39 is 0 Å². The number of hydrogen-bond acceptors (Lipinski definition) is 4. The summed E-state index contributed by atoms with van der Waals surface area (Å²) in [6, 6.07) is 1.76. The average molecular weight is 278 g/mol. The van der Waals surface area contributed by atoms with Crippen LogP contribution in [0.1, 0.15) is 16.6 Å². The van der Waals surface area contributed by atoms with Crippen molar-refractivity contribution < 1.29 is 4.79 Å². The average Bonchev–Trinajstić information content (AvgIpc) is 2.71. The predicted molar refractivity (Wildman–Crippen MR) is 65.5 cm³/mol. The molecule has 0 spiro atoms. The smallest absolute Gasteiger partial charge is 0.171 e. The zero-order chi connectivity index (χ0) is 11.0. The fourth-order valence-corrected chi connectivity index (χ4v) is 3.47. The number of nitrogens with zero attached hydrogens (tertiary/aromatic N) is 1. The zero-order valence-corrected chi connectivity index (χ0v) is 10.7. The molecule has 0 aliphatic rings. The van der Waals surface area contributed by atoms with Crippen molar-refractivity contribution in [3.63, 3.8) is 0 Å². The summed E-state index contributed by atoms with van der Waals surface area (Å²) in [5, 5.41) is 0.730. The van der Waals surface area contributed by atoms with Crippen LogP contribution in [0, 0.1) is 0 Å². The van der Waals surface area contributed by atoms with Gasteiger partial charge in [-0.25, -0.2) is 4.98 Å². The molecule has 0 amide bonds. The maximum absolute atomic E-state index is 11.1. The summed E-state index contributed by atoms with van der Waals surface area (Å²) in [5.74, 6) is 0.0104. The highest BCUT2D eigenvalue weighted by molar-refractivity contribution is 7.21. The van der Waals surface area contributed by atoms with Crippen molar-refractivity contribution in [3.8, 4) is 10.6 Å². The summed E-state index contributed by atoms with van der Waals surface area (Å²) in [6.45, 7) is 1.51. The first-order valence-corrected chi connectivity index (χ1v) is 6.39. The van der Waals surface area contributed by atoms with Gasteiger partial charge in [-0.15, -0.1) is 22.7 Å². The first-order chi connectivity index (χ1) is 7.08. The zero-order valence-electron chi connectivity index (χ0n) is 7.58. The minimum absolute atomic E-state index is 0.0104. The number of thiazole rings is 1. The van der Waals surface area contributed by atoms with Crippen LogP contribution in [0.2, 0.25) is 8.67 Å². The van der Waals surface area contributed by atoms with Gasteiger partial charge in [-0.05, 0) is 6.07 Å². The number of carbonyl (C=O) groups excluding carboxylic acids is 1. The molecule has 2 aromatic rings. The van der Waals surface area contributed by atoms with Crippen molar-refractivity contribution >= 4 is 51.7 Å². The molecule has 0 unspecified atom stereocenters. The number of halogens is 2. The molecule has 2 rings (SSSR count). The summed E-state index contributed by atoms with van der Waals surface area (Å²) >= 11 is 14.4. The summed E-state index contributed by atoms with van der Waals surface area (Å²) < 4.78 is 1.22. The summed E-state index contributed by atoms with van der Waals surface area (Å²) in [7, 11) is 0. The third-order valence-corrected chi connectivity index (χ3v) is 4.36. The lowest BCUT2D eigenvalue weighted by Gasteiger charge is -1.89. The summed E-state index contributed by atoms with van der Waals surface area (Å²) in [4.78, 5) is 15.9. The molecule has 0 radical (unpaired) electrons. The number of rotatable bonds is 2. The molecule has 0 atom stereocenters. The number of aromatic nitrogens is 1. The van der Waals surface area contributed by atoms with E-state index >= 15 is 0 Å². The van der Waals surface area contributed by atoms with Crippen LogP contribution in [-0.2, 0) is 0 Å². The quantitative estimate of drug-likeness (QED) is 0.763. The van der Waals surface area contributed by atoms with Gasteiger partial charge in [0.15, 0.2) is 5.78 Å². The molecule has 2 aromatic heterocycles. The second-order valence-electron chi connectivity index (χ2n) is 2.82. The molecule has 78 valence electrons. The van der Waals surface area contributed by atoms with Crippen molar-refractivity contribution in [3.05, 3.63) is 25.8 Å². The Hall–Kier alpha value is -0.420. The predicted octanol–water partition coefficient (Wildman–Crippen LogP) is 4.38. The van der Waals surface area contributed by atoms with Crippen LogP contribution in [0.4, 0.5) is 0 Å². The molecule has 0 aliphatic heterocycles. The van der Waals surface area contributed by atoms with E-state index in [1.165, 1.54) is 29.6 Å². The lowest BCUT2D eigenvalue weighted by Crippen LogP contribution is -1.83. The lowest BCUT2D eigenvalue weighted by atomic mass is 10.3. The number of hydrogen-bond donors (Lipinski definition) is 0. The standard InChI is InChI=1S/C9H5Cl2NOS2/c1-4(13)6-3-12-9(14-6)5-2-7(10)15-8(5)11/h2-3H,1H3. The van der Waals surface area contributed by atoms with Gasteiger partial charge in [-0.2, -0.15) is 0 Å². The van der Waals surface area contributed by atoms with Crippen molar-refractivity contribution in [1.82, 2.24) is 4.98 Å². The van der Waals surface area contributed by atoms with Crippen molar-refractivity contribution in [1.29, 1.82) is 0 Å². The van der Waals surface area contributed by atoms with Crippen LogP contribution < -0.4 is 0 Å². The number of ketones is 1. The fourth-order valence-electron chi connectivity index (χ4n) is 1.05. The minimum atomic E-state index is 0.0104. The molecule has 15 heavy (non-hydrogen) atoms. The Morgan fingerprint density at radius 2 is 2.13 bits per heavy atom. The highest BCUT2D eigenvalue weighted by Crippen LogP contribution is 2.39. The molecule has 0 N–H and O–H groups in total. The molecule has 0 aliphatic carbocycles. The molecule has 2 heterocycles. The molecular weight excluding hydrogens is 273 g/mol. The molecule has 6 heteroatoms. The van der Waals surface area contributed by atoms with Crippen LogP contribution in [0.5, 0.6) is 0 Å². The number of thiophene rings is 1. The van der Waals surface area contributed by atoms with Gasteiger partial charge in [0, 0.05) is 18.7 Å². The number of Topliss-reactive ketones (excluding diaryl/α,β-unsaturated/α-hetero) is 1. The van der Waals surface area contributed by atoms with E-state index in [1.807, 2.05) is 0 Å². The van der Waals surface area contributed by atoms with Crippen LogP contribution in [0.15, 0.2) is 12.3 Å². The third-order valence-electron chi connectivity index (χ3n) is 1.74. The number of carbonyl (C=O) groups is 1. The Morgan fingerprint density at radius 3 is 2.60 bits per heavy atom. The largest absolute Gasteiger partial charge is 0.294 e. The van der Waals surface area contributed by atoms with E-state index in [9.17, 15) is 4.79 Å². The van der Waals surface area contributed by atoms with Crippen LogP contribution >= 0.6 is 45.9 Å². The van der Waals surface area contributed by atoms with Crippen LogP contribution in [-0.4, -0.2) is 10.8 Å². The van der Waals surface area contributed by atoms with Crippen molar-refractivity contribution in [2.45, 2.75) is 6.92 Å². The van der Waals surface area contributed by atoms with Gasteiger partial charge in [-0.3, -0.25) is 4.79 Å². The third kappa shape index (κ3) is 2.23. The highest BCUT2D eigenvalue weighted by atomic mass is 35.5. The summed E-state index contributed by atoms with van der Waals surface area (Å²) in [6.07, 6.45) is 1.56. The summed E-state index contributed by atoms with van der Waals surface area (Å²) in [5.41, 5.74) is 0.796. The topological polar surface area (TPSA) is 30.0 Å². The van der Waals surface area contributed by atoms with Gasteiger partial charge in [0.25, 0.3) is 0 Å². The van der Waals surface area contributed by atoms with E-state index in [1.54, 1.807) is 12.3 Å². The van der Waals surface area contributed by atoms with E-state index in [0.29, 0.717) is 13.5 Å². The normalized spacial score (nSPS) is 10.6. The van der Waals surface area contributed by atoms with Crippen molar-refractivity contribution in [2.75, 3.05) is 0 Å². The molecule has 0 saturated heterocycles. The molecular formula is C9H5Cl2NOS2. The van der Waals surface area contributed by atoms with E-state index in [2.05, 4.69) is 4.98 Å². The fraction of sp³-hybridized carbons (Fsp3) is 0.111. The Balaban J connectivity index is 2.45. The van der Waals surface area contributed by atoms with Crippen molar-refractivity contribution in [2.24, 2.45) is 0 Å². The first kappa shape index (κ1) is 11.1. The van der Waals surface area contributed by atoms with Gasteiger partial charge >= 0.3 is 0 Å². The van der Waals surface area contributed by atoms with E-state index in [-0.39, 0.29) is 5.78 Å². The molecule has 0 aromatic carbocycles. The first-order valence-electron chi connectivity index (χ1n) is 4.00. The van der Waals surface area contributed by atoms with E-state index in [0.717, 1.165) is 10.6 Å². The van der Waals surface area contributed by atoms with Gasteiger partial charge in [0.2, 0.25) is 0 Å². The molecule has 0 fully saturated rings. The van der Waals surface area contributed by atoms with E-state index in [4.69, 9.17) is 23.2 Å². The SMILES string of the molecule is CC(=O)c1cnc(-c2cc(Cl)sc2Cl)s1. The minimum Gasteiger partial charge on any atom is -0.294 e. The molecule has 2 nitrogen and oxygen atoms in total. The monoisotopic (exact) mass is 277 g/mol. The van der Waals surface area contributed by atoms with Crippen LogP contribution in [0.3, 0.4) is 0 Å². The maximum atomic E-state index is 11.1. The van der Waals surface area contributed by atoms with Gasteiger partial charge in [0.05, 0.1) is 9.21 Å². The second-order valence-corrected chi connectivity index (χ2v) is 6.14. The highest BCUT2D eigenvalue weighted by Gasteiger charge is 2.13. The second kappa shape index (κ2) is 4.22. The van der Waals surface area contributed by atoms with Gasteiger partial charge in [-0.1, -0.05) is 23.2 Å². The van der Waals surface area contributed by atoms with Gasteiger partial charge < -0.3 is 0 Å². The van der Waals surface area contributed by atoms with Gasteiger partial charge in [0.1, 0.15) is 9.34 Å². The van der Waals surface area contributed by atoms with Crippen LogP contribution in [0.25, 0.3) is 10.6 Å². The molecule has 0 bridgehead atoms. The Labute approximate surface area is 104 Å².